The van der Waals surface area contributed by atoms with E-state index in [0.717, 1.165) is 32.1 Å². The molecular weight excluding hydrogens is 236 g/mol. The molecule has 0 bridgehead atoms. The van der Waals surface area contributed by atoms with Crippen molar-refractivity contribution in [3.05, 3.63) is 0 Å². The molecule has 3 atom stereocenters. The molecule has 1 fully saturated rings. The number of hydrogen-bond acceptors (Lipinski definition) is 3. The van der Waals surface area contributed by atoms with E-state index in [0.29, 0.717) is 6.04 Å². The van der Waals surface area contributed by atoms with Gasteiger partial charge in [-0.15, -0.1) is 0 Å². The van der Waals surface area contributed by atoms with Crippen molar-refractivity contribution in [2.75, 3.05) is 32.8 Å². The van der Waals surface area contributed by atoms with Crippen molar-refractivity contribution >= 4 is 0 Å². The Balaban J connectivity index is 2.55. The zero-order valence-electron chi connectivity index (χ0n) is 13.7. The second-order valence-electron chi connectivity index (χ2n) is 6.27. The molecule has 0 saturated carbocycles. The van der Waals surface area contributed by atoms with Crippen LogP contribution in [0.1, 0.15) is 53.9 Å². The average Bonchev–Trinajstić information content (AvgIpc) is 2.43. The fourth-order valence-electron chi connectivity index (χ4n) is 2.93. The summed E-state index contributed by atoms with van der Waals surface area (Å²) in [5, 5.41) is 3.77. The molecule has 0 aromatic heterocycles. The van der Waals surface area contributed by atoms with E-state index < -0.39 is 0 Å². The van der Waals surface area contributed by atoms with Crippen LogP contribution in [-0.2, 0) is 4.74 Å². The second kappa shape index (κ2) is 8.23. The van der Waals surface area contributed by atoms with Crippen molar-refractivity contribution in [2.24, 2.45) is 5.92 Å². The summed E-state index contributed by atoms with van der Waals surface area (Å²) in [6.07, 6.45) is 3.61. The minimum Gasteiger partial charge on any atom is -0.382 e. The Labute approximate surface area is 120 Å². The summed E-state index contributed by atoms with van der Waals surface area (Å²) in [6, 6.07) is 0.686. The normalized spacial score (nSPS) is 30.5. The minimum absolute atomic E-state index is 0.287. The van der Waals surface area contributed by atoms with Crippen LogP contribution in [0.2, 0.25) is 0 Å². The zero-order valence-corrected chi connectivity index (χ0v) is 13.7. The van der Waals surface area contributed by atoms with Crippen molar-refractivity contribution in [3.8, 4) is 0 Å². The number of nitrogens with one attached hydrogen (secondary N) is 1. The van der Waals surface area contributed by atoms with Crippen molar-refractivity contribution in [1.82, 2.24) is 10.2 Å². The molecule has 3 nitrogen and oxygen atoms in total. The molecule has 0 aromatic carbocycles. The lowest BCUT2D eigenvalue weighted by Crippen LogP contribution is -2.64. The Morgan fingerprint density at radius 3 is 2.68 bits per heavy atom. The van der Waals surface area contributed by atoms with Gasteiger partial charge < -0.3 is 10.1 Å². The van der Waals surface area contributed by atoms with Gasteiger partial charge in [-0.2, -0.15) is 0 Å². The molecule has 1 heterocycles. The first-order chi connectivity index (χ1) is 9.06. The summed E-state index contributed by atoms with van der Waals surface area (Å²) in [7, 11) is 0. The van der Waals surface area contributed by atoms with E-state index in [1.165, 1.54) is 25.9 Å². The van der Waals surface area contributed by atoms with Crippen LogP contribution in [0.4, 0.5) is 0 Å². The maximum atomic E-state index is 5.48. The summed E-state index contributed by atoms with van der Waals surface area (Å²) >= 11 is 0. The Kier molecular flexibility index (Phi) is 7.33. The van der Waals surface area contributed by atoms with E-state index in [4.69, 9.17) is 4.74 Å². The van der Waals surface area contributed by atoms with Crippen LogP contribution in [0.25, 0.3) is 0 Å². The molecular formula is C16H34N2O. The van der Waals surface area contributed by atoms with E-state index >= 15 is 0 Å². The first kappa shape index (κ1) is 16.9. The predicted molar refractivity (Wildman–Crippen MR) is 82.6 cm³/mol. The van der Waals surface area contributed by atoms with Crippen LogP contribution in [0.15, 0.2) is 0 Å². The smallest absolute Gasteiger partial charge is 0.0478 e. The third-order valence-electron chi connectivity index (χ3n) is 4.78. The molecule has 19 heavy (non-hydrogen) atoms. The fourth-order valence-corrected chi connectivity index (χ4v) is 2.93. The van der Waals surface area contributed by atoms with Gasteiger partial charge in [0.15, 0.2) is 0 Å². The van der Waals surface area contributed by atoms with Crippen molar-refractivity contribution in [2.45, 2.75) is 65.5 Å². The van der Waals surface area contributed by atoms with Gasteiger partial charge in [0.25, 0.3) is 0 Å². The largest absolute Gasteiger partial charge is 0.382 e. The lowest BCUT2D eigenvalue weighted by Gasteiger charge is -2.48. The molecule has 0 aromatic rings. The van der Waals surface area contributed by atoms with E-state index in [-0.39, 0.29) is 5.54 Å². The van der Waals surface area contributed by atoms with Gasteiger partial charge in [0.2, 0.25) is 0 Å². The minimum atomic E-state index is 0.287. The first-order valence-corrected chi connectivity index (χ1v) is 8.13. The molecule has 1 aliphatic heterocycles. The predicted octanol–water partition coefficient (Wildman–Crippen LogP) is 2.90. The summed E-state index contributed by atoms with van der Waals surface area (Å²) in [5.41, 5.74) is 0.287. The molecule has 1 aliphatic rings. The Hall–Kier alpha value is -0.120. The number of piperazine rings is 1. The topological polar surface area (TPSA) is 24.5 Å². The molecule has 1 saturated heterocycles. The number of nitrogens with zero attached hydrogens (tertiary/aromatic N) is 1. The molecule has 1 N–H and O–H groups in total. The van der Waals surface area contributed by atoms with Crippen molar-refractivity contribution in [3.63, 3.8) is 0 Å². The molecule has 1 rings (SSSR count). The molecule has 3 unspecified atom stereocenters. The maximum absolute atomic E-state index is 5.48. The lowest BCUT2D eigenvalue weighted by molar-refractivity contribution is 0.0444. The monoisotopic (exact) mass is 270 g/mol. The first-order valence-electron chi connectivity index (χ1n) is 8.13. The number of ether oxygens (including phenoxy) is 1. The van der Waals surface area contributed by atoms with Crippen LogP contribution in [0.3, 0.4) is 0 Å². The van der Waals surface area contributed by atoms with Crippen LogP contribution in [0, 0.1) is 5.92 Å². The molecule has 0 amide bonds. The molecule has 0 radical (unpaired) electrons. The summed E-state index contributed by atoms with van der Waals surface area (Å²) < 4.78 is 5.48. The highest BCUT2D eigenvalue weighted by Crippen LogP contribution is 2.24. The SMILES string of the molecule is CCOCCCN1CC(C)(CC)NCC1C(C)CC. The Morgan fingerprint density at radius 1 is 1.37 bits per heavy atom. The summed E-state index contributed by atoms with van der Waals surface area (Å²) in [5.74, 6) is 0.765. The summed E-state index contributed by atoms with van der Waals surface area (Å²) in [4.78, 5) is 2.70. The highest BCUT2D eigenvalue weighted by molar-refractivity contribution is 4.95. The van der Waals surface area contributed by atoms with Crippen LogP contribution >= 0.6 is 0 Å². The highest BCUT2D eigenvalue weighted by Gasteiger charge is 2.35. The van der Waals surface area contributed by atoms with Gasteiger partial charge in [0.05, 0.1) is 0 Å². The lowest BCUT2D eigenvalue weighted by atomic mass is 9.88. The fraction of sp³-hybridized carbons (Fsp3) is 1.00. The molecule has 3 heteroatoms. The van der Waals surface area contributed by atoms with E-state index in [1.807, 2.05) is 0 Å². The van der Waals surface area contributed by atoms with Crippen LogP contribution < -0.4 is 5.32 Å². The Bertz CT molecular complexity index is 247. The van der Waals surface area contributed by atoms with E-state index in [2.05, 4.69) is 44.8 Å². The number of rotatable bonds is 8. The van der Waals surface area contributed by atoms with E-state index in [1.54, 1.807) is 0 Å². The standard InChI is InChI=1S/C16H34N2O/c1-6-14(4)15-12-17-16(5,7-2)13-18(15)10-9-11-19-8-3/h14-15,17H,6-13H2,1-5H3. The van der Waals surface area contributed by atoms with Gasteiger partial charge in [0.1, 0.15) is 0 Å². The van der Waals surface area contributed by atoms with Crippen LogP contribution in [-0.4, -0.2) is 49.3 Å². The van der Waals surface area contributed by atoms with Gasteiger partial charge >= 0.3 is 0 Å². The summed E-state index contributed by atoms with van der Waals surface area (Å²) in [6.45, 7) is 16.6. The third kappa shape index (κ3) is 5.05. The average molecular weight is 270 g/mol. The highest BCUT2D eigenvalue weighted by atomic mass is 16.5. The van der Waals surface area contributed by atoms with Gasteiger partial charge in [-0.25, -0.2) is 0 Å². The Morgan fingerprint density at radius 2 is 2.11 bits per heavy atom. The van der Waals surface area contributed by atoms with Gasteiger partial charge in [0, 0.05) is 44.4 Å². The van der Waals surface area contributed by atoms with Gasteiger partial charge in [-0.05, 0) is 32.6 Å². The third-order valence-corrected chi connectivity index (χ3v) is 4.78. The molecule has 0 spiro atoms. The molecule has 0 aliphatic carbocycles. The number of hydrogen-bond donors (Lipinski definition) is 1. The van der Waals surface area contributed by atoms with Crippen LogP contribution in [0.5, 0.6) is 0 Å². The van der Waals surface area contributed by atoms with Gasteiger partial charge in [-0.3, -0.25) is 4.90 Å². The van der Waals surface area contributed by atoms with Crippen molar-refractivity contribution < 1.29 is 4.74 Å². The van der Waals surface area contributed by atoms with Gasteiger partial charge in [-0.1, -0.05) is 27.2 Å². The molecule has 114 valence electrons. The zero-order chi connectivity index (χ0) is 14.3. The van der Waals surface area contributed by atoms with E-state index in [9.17, 15) is 0 Å². The maximum Gasteiger partial charge on any atom is 0.0478 e. The quantitative estimate of drug-likeness (QED) is 0.686. The second-order valence-corrected chi connectivity index (χ2v) is 6.27. The van der Waals surface area contributed by atoms with Crippen molar-refractivity contribution in [1.29, 1.82) is 0 Å².